The molecule has 0 saturated heterocycles. The molecule has 0 radical (unpaired) electrons. The maximum atomic E-state index is 12.7. The average molecular weight is 369 g/mol. The Hall–Kier alpha value is -1.24. The molecule has 1 unspecified atom stereocenters. The lowest BCUT2D eigenvalue weighted by Crippen LogP contribution is -2.29. The quantitative estimate of drug-likeness (QED) is 0.829. The maximum absolute atomic E-state index is 12.7. The molecule has 0 aliphatic carbocycles. The molecule has 1 atom stereocenters. The van der Waals surface area contributed by atoms with E-state index in [4.69, 9.17) is 0 Å². The zero-order chi connectivity index (χ0) is 15.6. The average Bonchev–Trinajstić information content (AvgIpc) is 2.49. The smallest absolute Gasteiger partial charge is 0.243 e. The predicted molar refractivity (Wildman–Crippen MR) is 86.5 cm³/mol. The summed E-state index contributed by atoms with van der Waals surface area (Å²) in [4.78, 5) is 4.25. The number of aryl methyl sites for hydroxylation is 1. The lowest BCUT2D eigenvalue weighted by atomic mass is 10.1. The highest BCUT2D eigenvalue weighted by Crippen LogP contribution is 2.27. The largest absolute Gasteiger partial charge is 0.265 e. The third kappa shape index (κ3) is 3.33. The van der Waals surface area contributed by atoms with Crippen LogP contribution in [0.15, 0.2) is 52.1 Å². The molecule has 2 rings (SSSR count). The van der Waals surface area contributed by atoms with Crippen LogP contribution in [-0.2, 0) is 10.0 Å². The van der Waals surface area contributed by atoms with Crippen LogP contribution in [0.25, 0.3) is 0 Å². The second kappa shape index (κ2) is 6.25. The molecule has 0 amide bonds. The molecule has 21 heavy (non-hydrogen) atoms. The van der Waals surface area contributed by atoms with Crippen LogP contribution < -0.4 is 0 Å². The summed E-state index contributed by atoms with van der Waals surface area (Å²) in [7, 11) is -1.94. The molecule has 0 N–H and O–H groups in total. The van der Waals surface area contributed by atoms with Crippen molar-refractivity contribution in [1.82, 2.24) is 9.29 Å². The van der Waals surface area contributed by atoms with Crippen molar-refractivity contribution in [1.29, 1.82) is 0 Å². The van der Waals surface area contributed by atoms with Gasteiger partial charge in [-0.15, -0.1) is 0 Å². The van der Waals surface area contributed by atoms with Crippen molar-refractivity contribution < 1.29 is 8.42 Å². The predicted octanol–water partition coefficient (Wildman–Crippen LogP) is 3.53. The molecule has 0 bridgehead atoms. The number of halogens is 1. The van der Waals surface area contributed by atoms with E-state index in [1.807, 2.05) is 26.0 Å². The number of pyridine rings is 1. The SMILES string of the molecule is Cc1cc(S(=O)(=O)N(C)C(C)c2ccncc2)ccc1Br. The van der Waals surface area contributed by atoms with Crippen molar-refractivity contribution in [2.75, 3.05) is 7.05 Å². The van der Waals surface area contributed by atoms with Crippen LogP contribution in [0, 0.1) is 6.92 Å². The second-order valence-electron chi connectivity index (χ2n) is 4.89. The van der Waals surface area contributed by atoms with Gasteiger partial charge in [0.2, 0.25) is 10.0 Å². The molecule has 112 valence electrons. The lowest BCUT2D eigenvalue weighted by molar-refractivity contribution is 0.398. The highest BCUT2D eigenvalue weighted by Gasteiger charge is 2.26. The Labute approximate surface area is 134 Å². The highest BCUT2D eigenvalue weighted by atomic mass is 79.9. The molecule has 0 aliphatic rings. The van der Waals surface area contributed by atoms with E-state index in [-0.39, 0.29) is 6.04 Å². The first-order valence-electron chi connectivity index (χ1n) is 6.48. The van der Waals surface area contributed by atoms with Crippen molar-refractivity contribution in [3.63, 3.8) is 0 Å². The number of sulfonamides is 1. The van der Waals surface area contributed by atoms with E-state index in [1.54, 1.807) is 37.6 Å². The first-order valence-corrected chi connectivity index (χ1v) is 8.71. The van der Waals surface area contributed by atoms with Gasteiger partial charge in [0.25, 0.3) is 0 Å². The Morgan fingerprint density at radius 2 is 1.81 bits per heavy atom. The summed E-state index contributed by atoms with van der Waals surface area (Å²) < 4.78 is 27.7. The van der Waals surface area contributed by atoms with E-state index in [1.165, 1.54) is 4.31 Å². The topological polar surface area (TPSA) is 50.3 Å². The Bertz CT molecular complexity index is 733. The summed E-state index contributed by atoms with van der Waals surface area (Å²) in [6.07, 6.45) is 3.33. The van der Waals surface area contributed by atoms with Gasteiger partial charge >= 0.3 is 0 Å². The Morgan fingerprint density at radius 3 is 2.38 bits per heavy atom. The summed E-state index contributed by atoms with van der Waals surface area (Å²) in [5.41, 5.74) is 1.80. The molecule has 0 fully saturated rings. The fraction of sp³-hybridized carbons (Fsp3) is 0.267. The molecule has 6 heteroatoms. The number of nitrogens with zero attached hydrogens (tertiary/aromatic N) is 2. The number of aromatic nitrogens is 1. The van der Waals surface area contributed by atoms with E-state index < -0.39 is 10.0 Å². The lowest BCUT2D eigenvalue weighted by Gasteiger charge is -2.24. The van der Waals surface area contributed by atoms with Gasteiger partial charge in [-0.1, -0.05) is 15.9 Å². The summed E-state index contributed by atoms with van der Waals surface area (Å²) in [6, 6.07) is 8.43. The van der Waals surface area contributed by atoms with Gasteiger partial charge in [-0.25, -0.2) is 8.42 Å². The third-order valence-corrected chi connectivity index (χ3v) is 6.35. The molecule has 2 aromatic rings. The van der Waals surface area contributed by atoms with Gasteiger partial charge in [0, 0.05) is 30.0 Å². The van der Waals surface area contributed by atoms with Crippen LogP contribution in [0.2, 0.25) is 0 Å². The molecular weight excluding hydrogens is 352 g/mol. The first kappa shape index (κ1) is 16.1. The first-order chi connectivity index (χ1) is 9.84. The van der Waals surface area contributed by atoms with Crippen molar-refractivity contribution >= 4 is 26.0 Å². The van der Waals surface area contributed by atoms with E-state index in [0.29, 0.717) is 4.90 Å². The minimum absolute atomic E-state index is 0.262. The number of rotatable bonds is 4. The van der Waals surface area contributed by atoms with E-state index in [9.17, 15) is 8.42 Å². The zero-order valence-corrected chi connectivity index (χ0v) is 14.5. The Kier molecular flexibility index (Phi) is 4.81. The molecule has 1 aromatic carbocycles. The second-order valence-corrected chi connectivity index (χ2v) is 7.74. The van der Waals surface area contributed by atoms with Gasteiger partial charge in [0.05, 0.1) is 4.90 Å². The standard InChI is InChI=1S/C15H17BrN2O2S/c1-11-10-14(4-5-15(11)16)21(19,20)18(3)12(2)13-6-8-17-9-7-13/h4-10,12H,1-3H3. The van der Waals surface area contributed by atoms with Crippen LogP contribution in [-0.4, -0.2) is 24.8 Å². The summed E-state index contributed by atoms with van der Waals surface area (Å²) in [5, 5.41) is 0. The van der Waals surface area contributed by atoms with Crippen molar-refractivity contribution in [2.24, 2.45) is 0 Å². The zero-order valence-electron chi connectivity index (χ0n) is 12.1. The van der Waals surface area contributed by atoms with Crippen molar-refractivity contribution in [3.05, 3.63) is 58.3 Å². The van der Waals surface area contributed by atoms with Crippen LogP contribution in [0.1, 0.15) is 24.1 Å². The van der Waals surface area contributed by atoms with Crippen LogP contribution in [0.3, 0.4) is 0 Å². The summed E-state index contributed by atoms with van der Waals surface area (Å²) >= 11 is 3.38. The van der Waals surface area contributed by atoms with E-state index >= 15 is 0 Å². The van der Waals surface area contributed by atoms with Crippen LogP contribution >= 0.6 is 15.9 Å². The third-order valence-electron chi connectivity index (χ3n) is 3.54. The van der Waals surface area contributed by atoms with Crippen LogP contribution in [0.5, 0.6) is 0 Å². The molecule has 0 saturated carbocycles. The molecule has 0 aliphatic heterocycles. The normalized spacial score (nSPS) is 13.4. The molecular formula is C15H17BrN2O2S. The van der Waals surface area contributed by atoms with Gasteiger partial charge in [-0.2, -0.15) is 4.31 Å². The van der Waals surface area contributed by atoms with Crippen molar-refractivity contribution in [2.45, 2.75) is 24.8 Å². The van der Waals surface area contributed by atoms with Gasteiger partial charge in [0.1, 0.15) is 0 Å². The van der Waals surface area contributed by atoms with Crippen molar-refractivity contribution in [3.8, 4) is 0 Å². The number of benzene rings is 1. The fourth-order valence-electron chi connectivity index (χ4n) is 2.00. The van der Waals surface area contributed by atoms with Crippen LogP contribution in [0.4, 0.5) is 0 Å². The van der Waals surface area contributed by atoms with E-state index in [2.05, 4.69) is 20.9 Å². The fourth-order valence-corrected chi connectivity index (χ4v) is 3.69. The van der Waals surface area contributed by atoms with Gasteiger partial charge in [-0.3, -0.25) is 4.98 Å². The van der Waals surface area contributed by atoms with Gasteiger partial charge < -0.3 is 0 Å². The highest BCUT2D eigenvalue weighted by molar-refractivity contribution is 9.10. The summed E-state index contributed by atoms with van der Waals surface area (Å²) in [6.45, 7) is 3.73. The number of hydrogen-bond donors (Lipinski definition) is 0. The van der Waals surface area contributed by atoms with E-state index in [0.717, 1.165) is 15.6 Å². The maximum Gasteiger partial charge on any atom is 0.243 e. The summed E-state index contributed by atoms with van der Waals surface area (Å²) in [5.74, 6) is 0. The minimum Gasteiger partial charge on any atom is -0.265 e. The molecule has 0 spiro atoms. The van der Waals surface area contributed by atoms with Gasteiger partial charge in [-0.05, 0) is 55.3 Å². The molecule has 4 nitrogen and oxygen atoms in total. The van der Waals surface area contributed by atoms with Gasteiger partial charge in [0.15, 0.2) is 0 Å². The monoisotopic (exact) mass is 368 g/mol. The molecule has 1 heterocycles. The Morgan fingerprint density at radius 1 is 1.19 bits per heavy atom. The number of hydrogen-bond acceptors (Lipinski definition) is 3. The Balaban J connectivity index is 2.36. The molecule has 1 aromatic heterocycles. The minimum atomic E-state index is -3.53.